The van der Waals surface area contributed by atoms with Crippen LogP contribution in [0.4, 0.5) is 5.69 Å². The lowest BCUT2D eigenvalue weighted by Gasteiger charge is -2.24. The zero-order valence-corrected chi connectivity index (χ0v) is 15.8. The largest absolute Gasteiger partial charge is 0.497 e. The van der Waals surface area contributed by atoms with Gasteiger partial charge >= 0.3 is 0 Å². The van der Waals surface area contributed by atoms with Crippen molar-refractivity contribution in [3.8, 4) is 11.5 Å². The first-order valence-corrected chi connectivity index (χ1v) is 8.51. The molecule has 1 aromatic carbocycles. The Kier molecular flexibility index (Phi) is 7.23. The second-order valence-corrected chi connectivity index (χ2v) is 6.04. The van der Waals surface area contributed by atoms with Crippen molar-refractivity contribution in [3.63, 3.8) is 0 Å². The molecule has 8 nitrogen and oxygen atoms in total. The Morgan fingerprint density at radius 3 is 2.46 bits per heavy atom. The number of hydrogen-bond acceptors (Lipinski definition) is 6. The molecule has 2 amide bonds. The minimum atomic E-state index is -0.469. The summed E-state index contributed by atoms with van der Waals surface area (Å²) in [6, 6.07) is 4.86. The van der Waals surface area contributed by atoms with Crippen LogP contribution in [-0.4, -0.2) is 77.4 Å². The molecule has 1 aliphatic rings. The van der Waals surface area contributed by atoms with Crippen LogP contribution in [-0.2, 0) is 14.3 Å². The van der Waals surface area contributed by atoms with E-state index in [1.54, 1.807) is 51.5 Å². The second kappa shape index (κ2) is 9.40. The standard InChI is InChI=1S/C18H27N3O5/c1-20(17(22)12-19-6-8-24-2)16-5-7-21(18(16)23)13-9-14(25-3)11-15(10-13)26-4/h9-11,16,19H,5-8,12H2,1-4H3. The topological polar surface area (TPSA) is 80.3 Å². The van der Waals surface area contributed by atoms with Gasteiger partial charge in [-0.2, -0.15) is 0 Å². The summed E-state index contributed by atoms with van der Waals surface area (Å²) in [5.74, 6) is 1.00. The lowest BCUT2D eigenvalue weighted by Crippen LogP contribution is -2.46. The van der Waals surface area contributed by atoms with E-state index >= 15 is 0 Å². The number of methoxy groups -OCH3 is 3. The van der Waals surface area contributed by atoms with Crippen LogP contribution in [0.2, 0.25) is 0 Å². The van der Waals surface area contributed by atoms with Crippen molar-refractivity contribution in [1.82, 2.24) is 10.2 Å². The van der Waals surface area contributed by atoms with Gasteiger partial charge in [0.2, 0.25) is 11.8 Å². The Morgan fingerprint density at radius 2 is 1.88 bits per heavy atom. The number of likely N-dealkylation sites (N-methyl/N-ethyl adjacent to an activating group) is 1. The second-order valence-electron chi connectivity index (χ2n) is 6.04. The van der Waals surface area contributed by atoms with Crippen LogP contribution < -0.4 is 19.7 Å². The van der Waals surface area contributed by atoms with Gasteiger partial charge < -0.3 is 29.3 Å². The summed E-state index contributed by atoms with van der Waals surface area (Å²) in [6.07, 6.45) is 0.582. The molecular formula is C18H27N3O5. The zero-order chi connectivity index (χ0) is 19.1. The number of nitrogens with zero attached hydrogens (tertiary/aromatic N) is 2. The molecule has 0 radical (unpaired) electrons. The van der Waals surface area contributed by atoms with Crippen molar-refractivity contribution in [2.75, 3.05) is 59.5 Å². The molecule has 0 aliphatic carbocycles. The summed E-state index contributed by atoms with van der Waals surface area (Å²) >= 11 is 0. The van der Waals surface area contributed by atoms with Gasteiger partial charge in [0.25, 0.3) is 0 Å². The van der Waals surface area contributed by atoms with Gasteiger partial charge in [-0.3, -0.25) is 9.59 Å². The van der Waals surface area contributed by atoms with E-state index in [2.05, 4.69) is 5.32 Å². The Bertz CT molecular complexity index is 615. The molecule has 0 spiro atoms. The molecule has 2 rings (SSSR count). The van der Waals surface area contributed by atoms with Gasteiger partial charge in [0.15, 0.2) is 0 Å². The van der Waals surface area contributed by atoms with Gasteiger partial charge in [-0.15, -0.1) is 0 Å². The average Bonchev–Trinajstić information content (AvgIpc) is 3.05. The van der Waals surface area contributed by atoms with Gasteiger partial charge in [-0.25, -0.2) is 0 Å². The number of rotatable bonds is 9. The molecular weight excluding hydrogens is 338 g/mol. The van der Waals surface area contributed by atoms with Crippen LogP contribution >= 0.6 is 0 Å². The summed E-state index contributed by atoms with van der Waals surface area (Å²) in [6.45, 7) is 1.83. The highest BCUT2D eigenvalue weighted by atomic mass is 16.5. The van der Waals surface area contributed by atoms with Crippen LogP contribution in [0, 0.1) is 0 Å². The highest BCUT2D eigenvalue weighted by molar-refractivity contribution is 6.01. The normalized spacial score (nSPS) is 16.7. The maximum atomic E-state index is 12.8. The summed E-state index contributed by atoms with van der Waals surface area (Å²) in [4.78, 5) is 28.3. The predicted molar refractivity (Wildman–Crippen MR) is 97.8 cm³/mol. The van der Waals surface area contributed by atoms with Crippen molar-refractivity contribution in [1.29, 1.82) is 0 Å². The number of anilines is 1. The molecule has 26 heavy (non-hydrogen) atoms. The van der Waals surface area contributed by atoms with Crippen LogP contribution in [0.1, 0.15) is 6.42 Å². The van der Waals surface area contributed by atoms with E-state index in [9.17, 15) is 9.59 Å². The van der Waals surface area contributed by atoms with Crippen LogP contribution in [0.25, 0.3) is 0 Å². The first kappa shape index (κ1) is 20.0. The lowest BCUT2D eigenvalue weighted by atomic mass is 10.2. The number of benzene rings is 1. The molecule has 1 aliphatic heterocycles. The number of amides is 2. The number of hydrogen-bond donors (Lipinski definition) is 1. The lowest BCUT2D eigenvalue weighted by molar-refractivity contribution is -0.136. The molecule has 0 bridgehead atoms. The van der Waals surface area contributed by atoms with Crippen LogP contribution in [0.15, 0.2) is 18.2 Å². The molecule has 1 atom stereocenters. The third-order valence-corrected chi connectivity index (χ3v) is 4.45. The average molecular weight is 365 g/mol. The number of carbonyl (C=O) groups is 2. The summed E-state index contributed by atoms with van der Waals surface area (Å²) in [7, 11) is 6.40. The maximum absolute atomic E-state index is 12.8. The Morgan fingerprint density at radius 1 is 1.23 bits per heavy atom. The van der Waals surface area contributed by atoms with Gasteiger partial charge in [-0.1, -0.05) is 0 Å². The third-order valence-electron chi connectivity index (χ3n) is 4.45. The highest BCUT2D eigenvalue weighted by Crippen LogP contribution is 2.31. The Balaban J connectivity index is 2.04. The molecule has 1 fully saturated rings. The first-order valence-electron chi connectivity index (χ1n) is 8.51. The molecule has 1 saturated heterocycles. The molecule has 8 heteroatoms. The summed E-state index contributed by atoms with van der Waals surface area (Å²) in [5, 5.41) is 3.00. The van der Waals surface area contributed by atoms with E-state index in [4.69, 9.17) is 14.2 Å². The molecule has 1 heterocycles. The first-order chi connectivity index (χ1) is 12.5. The number of ether oxygens (including phenoxy) is 3. The molecule has 0 saturated carbocycles. The Hall–Kier alpha value is -2.32. The third kappa shape index (κ3) is 4.64. The van der Waals surface area contributed by atoms with Crippen molar-refractivity contribution < 1.29 is 23.8 Å². The van der Waals surface area contributed by atoms with E-state index in [1.165, 1.54) is 4.90 Å². The van der Waals surface area contributed by atoms with Crippen molar-refractivity contribution in [2.24, 2.45) is 0 Å². The molecule has 0 aromatic heterocycles. The van der Waals surface area contributed by atoms with Gasteiger partial charge in [-0.05, 0) is 6.42 Å². The quantitative estimate of drug-likeness (QED) is 0.642. The van der Waals surface area contributed by atoms with E-state index in [-0.39, 0.29) is 18.4 Å². The Labute approximate surface area is 154 Å². The summed E-state index contributed by atoms with van der Waals surface area (Å²) < 4.78 is 15.5. The fourth-order valence-electron chi connectivity index (χ4n) is 2.90. The molecule has 144 valence electrons. The maximum Gasteiger partial charge on any atom is 0.249 e. The van der Waals surface area contributed by atoms with E-state index in [0.29, 0.717) is 43.3 Å². The minimum Gasteiger partial charge on any atom is -0.497 e. The number of carbonyl (C=O) groups excluding carboxylic acids is 2. The van der Waals surface area contributed by atoms with E-state index < -0.39 is 6.04 Å². The molecule has 1 aromatic rings. The predicted octanol–water partition coefficient (Wildman–Crippen LogP) is 0.504. The zero-order valence-electron chi connectivity index (χ0n) is 15.8. The fourth-order valence-corrected chi connectivity index (χ4v) is 2.90. The minimum absolute atomic E-state index is 0.104. The van der Waals surface area contributed by atoms with Gasteiger partial charge in [0.1, 0.15) is 17.5 Å². The van der Waals surface area contributed by atoms with Crippen molar-refractivity contribution in [2.45, 2.75) is 12.5 Å². The van der Waals surface area contributed by atoms with Crippen molar-refractivity contribution in [3.05, 3.63) is 18.2 Å². The van der Waals surface area contributed by atoms with Gasteiger partial charge in [0.05, 0.1) is 33.1 Å². The molecule has 1 unspecified atom stereocenters. The van der Waals surface area contributed by atoms with Crippen LogP contribution in [0.5, 0.6) is 11.5 Å². The SMILES string of the molecule is COCCNCC(=O)N(C)C1CCN(c2cc(OC)cc(OC)c2)C1=O. The monoisotopic (exact) mass is 365 g/mol. The van der Waals surface area contributed by atoms with Gasteiger partial charge in [0, 0.05) is 45.4 Å². The smallest absolute Gasteiger partial charge is 0.249 e. The summed E-state index contributed by atoms with van der Waals surface area (Å²) in [5.41, 5.74) is 0.702. The van der Waals surface area contributed by atoms with Crippen molar-refractivity contribution >= 4 is 17.5 Å². The van der Waals surface area contributed by atoms with E-state index in [0.717, 1.165) is 0 Å². The highest BCUT2D eigenvalue weighted by Gasteiger charge is 2.37. The van der Waals surface area contributed by atoms with E-state index in [1.807, 2.05) is 0 Å². The molecule has 1 N–H and O–H groups in total. The fraction of sp³-hybridized carbons (Fsp3) is 0.556. The van der Waals surface area contributed by atoms with Crippen LogP contribution in [0.3, 0.4) is 0 Å². The number of nitrogens with one attached hydrogen (secondary N) is 1.